The zero-order valence-corrected chi connectivity index (χ0v) is 34.1. The lowest BCUT2D eigenvalue weighted by Gasteiger charge is -2.47. The quantitative estimate of drug-likeness (QED) is 0.170. The standard InChI is InChI=1S/C41H48ClF2N9O6/c1-25-32(21-47-52(25)14-17-59-3)29-6-7-31(37(44)36(29)43)34-22-46-38(49(34)2)39(56)48-28-4-5-30(33(42)18-28)41(58)50-10-8-27(9-11-50)40(57)51-12-15-53(16-13-51,24-35(54)55)23-26-19-45-20-26/h4-7,18,21-22,26-27,45H,8-17,19-20,23-24H2,1-3H3,(H-,48,54,55,56,58)/p+1. The maximum absolute atomic E-state index is 15.6. The Bertz CT molecular complexity index is 2240. The number of hydrogen-bond acceptors (Lipinski definition) is 8. The summed E-state index contributed by atoms with van der Waals surface area (Å²) in [6, 6.07) is 7.44. The van der Waals surface area contributed by atoms with Gasteiger partial charge in [-0.25, -0.2) is 18.6 Å². The molecule has 2 aromatic heterocycles. The maximum atomic E-state index is 15.6. The molecule has 0 saturated carbocycles. The molecule has 3 saturated heterocycles. The Labute approximate surface area is 345 Å². The molecule has 3 aliphatic rings. The van der Waals surface area contributed by atoms with Crippen LogP contribution in [0.5, 0.6) is 0 Å². The number of amides is 3. The van der Waals surface area contributed by atoms with Gasteiger partial charge in [0.05, 0.1) is 74.5 Å². The van der Waals surface area contributed by atoms with Gasteiger partial charge in [0.25, 0.3) is 11.8 Å². The second-order valence-corrected chi connectivity index (χ2v) is 16.2. The number of carboxylic acid groups (broad SMARTS) is 1. The van der Waals surface area contributed by atoms with E-state index in [1.54, 1.807) is 29.7 Å². The molecule has 3 aliphatic heterocycles. The van der Waals surface area contributed by atoms with Crippen LogP contribution in [0.2, 0.25) is 5.02 Å². The van der Waals surface area contributed by atoms with E-state index < -0.39 is 23.5 Å². The van der Waals surface area contributed by atoms with Crippen molar-refractivity contribution >= 4 is 41.0 Å². The summed E-state index contributed by atoms with van der Waals surface area (Å²) in [4.78, 5) is 59.8. The van der Waals surface area contributed by atoms with Gasteiger partial charge in [-0.05, 0) is 44.0 Å². The molecule has 59 heavy (non-hydrogen) atoms. The van der Waals surface area contributed by atoms with Crippen LogP contribution in [-0.4, -0.2) is 142 Å². The molecule has 3 fully saturated rings. The number of benzene rings is 2. The first kappa shape index (κ1) is 41.9. The fourth-order valence-electron chi connectivity index (χ4n) is 8.48. The van der Waals surface area contributed by atoms with Crippen molar-refractivity contribution in [3.05, 3.63) is 76.5 Å². The minimum absolute atomic E-state index is 0.0530. The molecule has 0 radical (unpaired) electrons. The molecule has 4 aromatic rings. The number of hydrogen-bond donors (Lipinski definition) is 3. The van der Waals surface area contributed by atoms with Crippen molar-refractivity contribution in [2.24, 2.45) is 18.9 Å². The number of methoxy groups -OCH3 is 1. The van der Waals surface area contributed by atoms with E-state index >= 15 is 8.78 Å². The van der Waals surface area contributed by atoms with Crippen LogP contribution < -0.4 is 10.6 Å². The van der Waals surface area contributed by atoms with Crippen molar-refractivity contribution < 1.29 is 42.3 Å². The highest BCUT2D eigenvalue weighted by molar-refractivity contribution is 6.34. The number of halogens is 3. The molecule has 0 spiro atoms. The lowest BCUT2D eigenvalue weighted by Crippen LogP contribution is -2.66. The van der Waals surface area contributed by atoms with Crippen LogP contribution in [-0.2, 0) is 27.9 Å². The number of piperazine rings is 1. The summed E-state index contributed by atoms with van der Waals surface area (Å²) in [7, 11) is 3.09. The molecule has 18 heteroatoms. The number of carboxylic acids is 1. The summed E-state index contributed by atoms with van der Waals surface area (Å²) in [5.41, 5.74) is 1.81. The van der Waals surface area contributed by atoms with E-state index in [-0.39, 0.29) is 57.5 Å². The molecule has 5 heterocycles. The highest BCUT2D eigenvalue weighted by Crippen LogP contribution is 2.34. The van der Waals surface area contributed by atoms with Gasteiger partial charge in [0.1, 0.15) is 0 Å². The number of ether oxygens (including phenoxy) is 1. The lowest BCUT2D eigenvalue weighted by atomic mass is 9.94. The van der Waals surface area contributed by atoms with Crippen molar-refractivity contribution in [2.45, 2.75) is 26.3 Å². The molecule has 0 unspecified atom stereocenters. The number of nitrogens with one attached hydrogen (secondary N) is 2. The molecular formula is C41H49ClF2N9O6+. The Morgan fingerprint density at radius 1 is 0.983 bits per heavy atom. The summed E-state index contributed by atoms with van der Waals surface area (Å²) >= 11 is 6.58. The molecular weight excluding hydrogens is 788 g/mol. The number of nitrogens with zero attached hydrogens (tertiary/aromatic N) is 7. The molecule has 0 bridgehead atoms. The van der Waals surface area contributed by atoms with Gasteiger partial charge in [0, 0.05) is 80.2 Å². The fourth-order valence-corrected chi connectivity index (χ4v) is 8.74. The first-order valence-electron chi connectivity index (χ1n) is 19.8. The van der Waals surface area contributed by atoms with Gasteiger partial charge in [0.2, 0.25) is 5.91 Å². The second kappa shape index (κ2) is 17.6. The van der Waals surface area contributed by atoms with Crippen LogP contribution >= 0.6 is 11.6 Å². The monoisotopic (exact) mass is 836 g/mol. The summed E-state index contributed by atoms with van der Waals surface area (Å²) in [5, 5.41) is 19.9. The average Bonchev–Trinajstić information content (AvgIpc) is 3.77. The van der Waals surface area contributed by atoms with E-state index in [9.17, 15) is 24.3 Å². The Hall–Kier alpha value is -5.23. The summed E-state index contributed by atoms with van der Waals surface area (Å²) in [5.74, 6) is -3.67. The molecule has 0 aliphatic carbocycles. The van der Waals surface area contributed by atoms with Crippen molar-refractivity contribution in [3.63, 3.8) is 0 Å². The molecule has 2 aromatic carbocycles. The van der Waals surface area contributed by atoms with Crippen molar-refractivity contribution in [1.29, 1.82) is 0 Å². The largest absolute Gasteiger partial charge is 0.477 e. The SMILES string of the molecule is COCCn1ncc(-c2ccc(-c3cnc(C(=O)Nc4ccc(C(=O)N5CCC(C(=O)N6CC[N+](CC(=O)O)(CC7CNC7)CC6)CC5)c(Cl)c4)n3C)c(F)c2F)c1C. The molecule has 314 valence electrons. The van der Waals surface area contributed by atoms with Gasteiger partial charge in [0.15, 0.2) is 24.0 Å². The Balaban J connectivity index is 0.939. The molecule has 3 N–H and O–H groups in total. The van der Waals surface area contributed by atoms with Gasteiger partial charge < -0.3 is 39.3 Å². The Morgan fingerprint density at radius 2 is 1.68 bits per heavy atom. The number of anilines is 1. The number of aromatic nitrogens is 4. The van der Waals surface area contributed by atoms with E-state index in [0.29, 0.717) is 92.6 Å². The lowest BCUT2D eigenvalue weighted by molar-refractivity contribution is -0.928. The maximum Gasteiger partial charge on any atom is 0.359 e. The fraction of sp³-hybridized carbons (Fsp3) is 0.463. The van der Waals surface area contributed by atoms with Crippen LogP contribution in [0.3, 0.4) is 0 Å². The van der Waals surface area contributed by atoms with Crippen LogP contribution in [0.4, 0.5) is 14.5 Å². The number of carbonyl (C=O) groups excluding carboxylic acids is 3. The van der Waals surface area contributed by atoms with Gasteiger partial charge in [-0.15, -0.1) is 0 Å². The number of carbonyl (C=O) groups is 4. The van der Waals surface area contributed by atoms with Crippen LogP contribution in [0.25, 0.3) is 22.4 Å². The van der Waals surface area contributed by atoms with Gasteiger partial charge >= 0.3 is 5.97 Å². The predicted octanol–water partition coefficient (Wildman–Crippen LogP) is 3.90. The van der Waals surface area contributed by atoms with E-state index in [1.165, 1.54) is 48.3 Å². The number of aliphatic carboxylic acids is 1. The van der Waals surface area contributed by atoms with E-state index in [2.05, 4.69) is 20.7 Å². The van der Waals surface area contributed by atoms with E-state index in [1.807, 2.05) is 4.90 Å². The number of rotatable bonds is 13. The van der Waals surface area contributed by atoms with E-state index in [0.717, 1.165) is 19.6 Å². The average molecular weight is 837 g/mol. The third-order valence-electron chi connectivity index (χ3n) is 12.0. The first-order valence-corrected chi connectivity index (χ1v) is 20.1. The topological polar surface area (TPSA) is 164 Å². The smallest absolute Gasteiger partial charge is 0.359 e. The van der Waals surface area contributed by atoms with E-state index in [4.69, 9.17) is 16.3 Å². The van der Waals surface area contributed by atoms with Gasteiger partial charge in [-0.2, -0.15) is 5.10 Å². The summed E-state index contributed by atoms with van der Waals surface area (Å²) in [6.45, 7) is 8.32. The zero-order chi connectivity index (χ0) is 42.0. The number of quaternary nitrogens is 1. The highest BCUT2D eigenvalue weighted by atomic mass is 35.5. The highest BCUT2D eigenvalue weighted by Gasteiger charge is 2.41. The van der Waals surface area contributed by atoms with Crippen molar-refractivity contribution in [1.82, 2.24) is 34.4 Å². The van der Waals surface area contributed by atoms with Crippen molar-refractivity contribution in [2.75, 3.05) is 84.5 Å². The number of imidazole rings is 1. The first-order chi connectivity index (χ1) is 28.3. The third-order valence-corrected chi connectivity index (χ3v) is 12.3. The second-order valence-electron chi connectivity index (χ2n) is 15.8. The van der Waals surface area contributed by atoms with Gasteiger partial charge in [-0.1, -0.05) is 17.7 Å². The molecule has 15 nitrogen and oxygen atoms in total. The van der Waals surface area contributed by atoms with Crippen LogP contribution in [0, 0.1) is 30.4 Å². The molecule has 0 atom stereocenters. The number of piperidine rings is 1. The molecule has 7 rings (SSSR count). The third kappa shape index (κ3) is 8.74. The minimum atomic E-state index is -1.09. The molecule has 3 amide bonds. The van der Waals surface area contributed by atoms with Crippen molar-refractivity contribution in [3.8, 4) is 22.4 Å². The summed E-state index contributed by atoms with van der Waals surface area (Å²) < 4.78 is 39.7. The zero-order valence-electron chi connectivity index (χ0n) is 33.3. The number of likely N-dealkylation sites (tertiary alicyclic amines) is 1. The summed E-state index contributed by atoms with van der Waals surface area (Å²) in [6.07, 6.45) is 3.78. The minimum Gasteiger partial charge on any atom is -0.477 e. The predicted molar refractivity (Wildman–Crippen MR) is 215 cm³/mol. The van der Waals surface area contributed by atoms with Crippen LogP contribution in [0.15, 0.2) is 42.7 Å². The van der Waals surface area contributed by atoms with Crippen LogP contribution in [0.1, 0.15) is 39.5 Å². The van der Waals surface area contributed by atoms with Gasteiger partial charge in [-0.3, -0.25) is 19.1 Å². The normalized spacial score (nSPS) is 17.2. The Kier molecular flexibility index (Phi) is 12.5. The Morgan fingerprint density at radius 3 is 2.32 bits per heavy atom.